The van der Waals surface area contributed by atoms with Crippen molar-refractivity contribution in [2.45, 2.75) is 25.3 Å². The highest BCUT2D eigenvalue weighted by Gasteiger charge is 2.20. The summed E-state index contributed by atoms with van der Waals surface area (Å²) in [5.74, 6) is 1.51. The van der Waals surface area contributed by atoms with Crippen molar-refractivity contribution in [3.63, 3.8) is 0 Å². The Kier molecular flexibility index (Phi) is 6.80. The topological polar surface area (TPSA) is 96.5 Å². The van der Waals surface area contributed by atoms with Crippen LogP contribution in [0, 0.1) is 12.3 Å². The molecule has 0 aliphatic carbocycles. The summed E-state index contributed by atoms with van der Waals surface area (Å²) < 4.78 is 5.19. The molecule has 1 aliphatic rings. The number of terminal acetylenes is 1. The summed E-state index contributed by atoms with van der Waals surface area (Å²) >= 11 is 0. The van der Waals surface area contributed by atoms with Crippen LogP contribution in [0.5, 0.6) is 5.75 Å². The van der Waals surface area contributed by atoms with Crippen molar-refractivity contribution in [1.82, 2.24) is 10.6 Å². The van der Waals surface area contributed by atoms with E-state index in [1.54, 1.807) is 18.2 Å². The third-order valence-electron chi connectivity index (χ3n) is 3.77. The van der Waals surface area contributed by atoms with E-state index < -0.39 is 17.9 Å². The van der Waals surface area contributed by atoms with Crippen molar-refractivity contribution in [3.05, 3.63) is 29.8 Å². The molecule has 7 nitrogen and oxygen atoms in total. The van der Waals surface area contributed by atoms with Crippen LogP contribution in [0.4, 0.5) is 5.69 Å². The molecule has 1 heterocycles. The van der Waals surface area contributed by atoms with Gasteiger partial charge in [-0.25, -0.2) is 0 Å². The van der Waals surface area contributed by atoms with Gasteiger partial charge in [-0.15, -0.1) is 6.42 Å². The molecule has 0 spiro atoms. The maximum atomic E-state index is 12.4. The van der Waals surface area contributed by atoms with Gasteiger partial charge in [0.2, 0.25) is 11.8 Å². The number of methoxy groups -OCH3 is 1. The average molecular weight is 355 g/mol. The maximum absolute atomic E-state index is 12.4. The van der Waals surface area contributed by atoms with E-state index in [1.165, 1.54) is 7.11 Å². The van der Waals surface area contributed by atoms with Crippen molar-refractivity contribution < 1.29 is 19.1 Å². The molecule has 1 unspecified atom stereocenters. The van der Waals surface area contributed by atoms with E-state index in [4.69, 9.17) is 11.2 Å². The van der Waals surface area contributed by atoms with Crippen LogP contribution in [0.25, 0.3) is 6.08 Å². The predicted molar refractivity (Wildman–Crippen MR) is 98.3 cm³/mol. The van der Waals surface area contributed by atoms with Crippen molar-refractivity contribution in [1.29, 1.82) is 0 Å². The lowest BCUT2D eigenvalue weighted by atomic mass is 10.1. The molecule has 0 saturated carbocycles. The molecule has 1 atom stereocenters. The standard InChI is InChI=1S/C19H21N3O4/c1-3-15-19(25)22-16-11-14(26-2)10-9-13(16)7-5-4-6-8-17(23)20-12-18(24)21-15/h1,5,7,9-11,15H,4,6,8,12H2,2H3,(H,20,23)(H,21,24)(H,22,25). The number of hydrogen-bond acceptors (Lipinski definition) is 4. The molecule has 0 fully saturated rings. The summed E-state index contributed by atoms with van der Waals surface area (Å²) in [5.41, 5.74) is 1.28. The number of amides is 3. The summed E-state index contributed by atoms with van der Waals surface area (Å²) in [6.45, 7) is -0.232. The van der Waals surface area contributed by atoms with Crippen LogP contribution < -0.4 is 20.7 Å². The van der Waals surface area contributed by atoms with Crippen molar-refractivity contribution in [2.75, 3.05) is 19.0 Å². The van der Waals surface area contributed by atoms with Crippen LogP contribution in [-0.4, -0.2) is 37.4 Å². The molecule has 0 aromatic heterocycles. The number of benzene rings is 1. The first-order valence-electron chi connectivity index (χ1n) is 8.21. The lowest BCUT2D eigenvalue weighted by molar-refractivity contribution is -0.127. The number of ether oxygens (including phenoxy) is 1. The number of carbonyl (C=O) groups excluding carboxylic acids is 3. The lowest BCUT2D eigenvalue weighted by Gasteiger charge is -2.15. The molecule has 0 saturated heterocycles. The van der Waals surface area contributed by atoms with Gasteiger partial charge in [-0.05, 0) is 30.5 Å². The zero-order valence-electron chi connectivity index (χ0n) is 14.5. The zero-order valence-corrected chi connectivity index (χ0v) is 14.5. The second-order valence-electron chi connectivity index (χ2n) is 5.68. The molecule has 3 amide bonds. The Labute approximate surface area is 152 Å². The molecule has 2 rings (SSSR count). The van der Waals surface area contributed by atoms with Crippen LogP contribution in [0.2, 0.25) is 0 Å². The number of hydrogen-bond donors (Lipinski definition) is 3. The Morgan fingerprint density at radius 3 is 2.77 bits per heavy atom. The number of anilines is 1. The van der Waals surface area contributed by atoms with E-state index in [0.29, 0.717) is 30.7 Å². The van der Waals surface area contributed by atoms with Crippen LogP contribution in [0.1, 0.15) is 24.8 Å². The highest BCUT2D eigenvalue weighted by atomic mass is 16.5. The first-order valence-corrected chi connectivity index (χ1v) is 8.21. The molecule has 136 valence electrons. The van der Waals surface area contributed by atoms with Gasteiger partial charge in [0.25, 0.3) is 5.91 Å². The fourth-order valence-corrected chi connectivity index (χ4v) is 2.37. The normalized spacial score (nSPS) is 18.9. The smallest absolute Gasteiger partial charge is 0.259 e. The molecular weight excluding hydrogens is 334 g/mol. The van der Waals surface area contributed by atoms with Gasteiger partial charge < -0.3 is 20.7 Å². The van der Waals surface area contributed by atoms with E-state index >= 15 is 0 Å². The minimum absolute atomic E-state index is 0.227. The molecule has 1 aromatic carbocycles. The first-order chi connectivity index (χ1) is 12.5. The number of fused-ring (bicyclic) bond motifs is 1. The van der Waals surface area contributed by atoms with E-state index in [2.05, 4.69) is 21.9 Å². The van der Waals surface area contributed by atoms with Crippen LogP contribution in [0.3, 0.4) is 0 Å². The van der Waals surface area contributed by atoms with E-state index in [9.17, 15) is 14.4 Å². The van der Waals surface area contributed by atoms with E-state index in [1.807, 2.05) is 12.2 Å². The quantitative estimate of drug-likeness (QED) is 0.657. The number of allylic oxidation sites excluding steroid dienone is 1. The SMILES string of the molecule is C#CC1NC(=O)CNC(=O)CCCC=Cc2ccc(OC)cc2NC1=O. The van der Waals surface area contributed by atoms with Gasteiger partial charge >= 0.3 is 0 Å². The predicted octanol–water partition coefficient (Wildman–Crippen LogP) is 1.06. The minimum Gasteiger partial charge on any atom is -0.497 e. The van der Waals surface area contributed by atoms with Crippen LogP contribution >= 0.6 is 0 Å². The van der Waals surface area contributed by atoms with Gasteiger partial charge in [0.1, 0.15) is 5.75 Å². The van der Waals surface area contributed by atoms with Crippen molar-refractivity contribution >= 4 is 29.5 Å². The maximum Gasteiger partial charge on any atom is 0.259 e. The minimum atomic E-state index is -1.16. The Hall–Kier alpha value is -3.27. The largest absolute Gasteiger partial charge is 0.497 e. The van der Waals surface area contributed by atoms with Gasteiger partial charge in [-0.2, -0.15) is 0 Å². The summed E-state index contributed by atoms with van der Waals surface area (Å²) in [6, 6.07) is 4.10. The average Bonchev–Trinajstić information content (AvgIpc) is 2.64. The Bertz CT molecular complexity index is 765. The molecule has 26 heavy (non-hydrogen) atoms. The molecule has 0 bridgehead atoms. The third-order valence-corrected chi connectivity index (χ3v) is 3.77. The van der Waals surface area contributed by atoms with Gasteiger partial charge in [-0.3, -0.25) is 14.4 Å². The Balaban J connectivity index is 2.31. The van der Waals surface area contributed by atoms with Gasteiger partial charge in [-0.1, -0.05) is 18.1 Å². The molecule has 1 aliphatic heterocycles. The Morgan fingerprint density at radius 2 is 2.04 bits per heavy atom. The van der Waals surface area contributed by atoms with Crippen LogP contribution in [0.15, 0.2) is 24.3 Å². The van der Waals surface area contributed by atoms with Crippen molar-refractivity contribution in [3.8, 4) is 18.1 Å². The van der Waals surface area contributed by atoms with E-state index in [-0.39, 0.29) is 12.5 Å². The highest BCUT2D eigenvalue weighted by Crippen LogP contribution is 2.24. The van der Waals surface area contributed by atoms with Crippen molar-refractivity contribution in [2.24, 2.45) is 0 Å². The molecule has 3 N–H and O–H groups in total. The zero-order chi connectivity index (χ0) is 18.9. The lowest BCUT2D eigenvalue weighted by Crippen LogP contribution is -2.46. The van der Waals surface area contributed by atoms with Gasteiger partial charge in [0, 0.05) is 12.5 Å². The second kappa shape index (κ2) is 9.28. The van der Waals surface area contributed by atoms with Crippen LogP contribution in [-0.2, 0) is 14.4 Å². The van der Waals surface area contributed by atoms with Gasteiger partial charge in [0.15, 0.2) is 6.04 Å². The molecular formula is C19H21N3O4. The molecule has 1 aromatic rings. The number of rotatable bonds is 1. The molecule has 7 heteroatoms. The van der Waals surface area contributed by atoms with E-state index in [0.717, 1.165) is 5.56 Å². The monoisotopic (exact) mass is 355 g/mol. The number of nitrogens with one attached hydrogen (secondary N) is 3. The second-order valence-corrected chi connectivity index (χ2v) is 5.68. The Morgan fingerprint density at radius 1 is 1.23 bits per heavy atom. The summed E-state index contributed by atoms with van der Waals surface area (Å²) in [5, 5.41) is 7.64. The fraction of sp³-hybridized carbons (Fsp3) is 0.316. The summed E-state index contributed by atoms with van der Waals surface area (Å²) in [6.07, 6.45) is 10.8. The number of carbonyl (C=O) groups is 3. The molecule has 0 radical (unpaired) electrons. The van der Waals surface area contributed by atoms with Gasteiger partial charge in [0.05, 0.1) is 19.3 Å². The first kappa shape index (κ1) is 19.1. The highest BCUT2D eigenvalue weighted by molar-refractivity contribution is 6.01. The summed E-state index contributed by atoms with van der Waals surface area (Å²) in [4.78, 5) is 36.0. The third kappa shape index (κ3) is 5.38. The fourth-order valence-electron chi connectivity index (χ4n) is 2.37. The summed E-state index contributed by atoms with van der Waals surface area (Å²) in [7, 11) is 1.53.